The van der Waals surface area contributed by atoms with Crippen LogP contribution in [0.25, 0.3) is 0 Å². The molecular formula is C22H28N2O4. The lowest BCUT2D eigenvalue weighted by molar-refractivity contribution is -0.135. The zero-order valence-corrected chi connectivity index (χ0v) is 16.9. The van der Waals surface area contributed by atoms with Crippen LogP contribution in [0.4, 0.5) is 5.69 Å². The van der Waals surface area contributed by atoms with E-state index in [-0.39, 0.29) is 11.9 Å². The number of β-lactam (4-membered cyclic amide) rings is 1. The summed E-state index contributed by atoms with van der Waals surface area (Å²) >= 11 is 0. The molecule has 2 aromatic carbocycles. The second-order valence-electron chi connectivity index (χ2n) is 6.67. The van der Waals surface area contributed by atoms with Crippen LogP contribution in [0, 0.1) is 0 Å². The Bertz CT molecular complexity index is 772. The maximum atomic E-state index is 12.9. The van der Waals surface area contributed by atoms with Crippen molar-refractivity contribution in [1.29, 1.82) is 0 Å². The molecule has 0 aromatic heterocycles. The third kappa shape index (κ3) is 4.07. The number of ether oxygens (including phenoxy) is 3. The van der Waals surface area contributed by atoms with Gasteiger partial charge in [-0.05, 0) is 61.6 Å². The highest BCUT2D eigenvalue weighted by molar-refractivity contribution is 6.05. The van der Waals surface area contributed by atoms with E-state index in [2.05, 4.69) is 18.7 Å². The lowest BCUT2D eigenvalue weighted by Gasteiger charge is -2.48. The molecule has 28 heavy (non-hydrogen) atoms. The molecule has 2 atom stereocenters. The molecule has 3 rings (SSSR count). The second kappa shape index (κ2) is 8.97. The molecule has 0 N–H and O–H groups in total. The highest BCUT2D eigenvalue weighted by Crippen LogP contribution is 2.33. The van der Waals surface area contributed by atoms with Crippen molar-refractivity contribution in [2.24, 2.45) is 0 Å². The normalized spacial score (nSPS) is 18.8. The molecule has 0 unspecified atom stereocenters. The minimum absolute atomic E-state index is 0.0295. The zero-order valence-electron chi connectivity index (χ0n) is 16.9. The largest absolute Gasteiger partial charge is 0.497 e. The van der Waals surface area contributed by atoms with E-state index < -0.39 is 6.10 Å². The van der Waals surface area contributed by atoms with Gasteiger partial charge < -0.3 is 24.0 Å². The molecular weight excluding hydrogens is 356 g/mol. The van der Waals surface area contributed by atoms with Crippen molar-refractivity contribution >= 4 is 11.6 Å². The fourth-order valence-electron chi connectivity index (χ4n) is 3.43. The Labute approximate surface area is 166 Å². The summed E-state index contributed by atoms with van der Waals surface area (Å²) in [5.74, 6) is 2.16. The first-order valence-corrected chi connectivity index (χ1v) is 9.61. The molecule has 1 heterocycles. The van der Waals surface area contributed by atoms with Gasteiger partial charge in [-0.2, -0.15) is 0 Å². The quantitative estimate of drug-likeness (QED) is 0.622. The van der Waals surface area contributed by atoms with Gasteiger partial charge in [-0.3, -0.25) is 4.79 Å². The summed E-state index contributed by atoms with van der Waals surface area (Å²) in [5, 5.41) is 0. The maximum Gasteiger partial charge on any atom is 0.270 e. The van der Waals surface area contributed by atoms with E-state index in [1.165, 1.54) is 0 Å². The zero-order chi connectivity index (χ0) is 20.1. The third-order valence-corrected chi connectivity index (χ3v) is 5.17. The van der Waals surface area contributed by atoms with Gasteiger partial charge in [0, 0.05) is 12.2 Å². The first kappa shape index (κ1) is 20.0. The summed E-state index contributed by atoms with van der Waals surface area (Å²) in [5.41, 5.74) is 0.859. The number of carbonyl (C=O) groups excluding carboxylic acids is 1. The molecule has 6 nitrogen and oxygen atoms in total. The Balaban J connectivity index is 1.80. The van der Waals surface area contributed by atoms with Gasteiger partial charge in [0.05, 0.1) is 20.3 Å². The Morgan fingerprint density at radius 2 is 1.36 bits per heavy atom. The van der Waals surface area contributed by atoms with Crippen LogP contribution in [0.5, 0.6) is 17.2 Å². The number of methoxy groups -OCH3 is 2. The summed E-state index contributed by atoms with van der Waals surface area (Å²) in [6.07, 6.45) is -0.504. The number of carbonyl (C=O) groups is 1. The molecule has 0 radical (unpaired) electrons. The van der Waals surface area contributed by atoms with Crippen LogP contribution in [0.3, 0.4) is 0 Å². The lowest BCUT2D eigenvalue weighted by atomic mass is 9.95. The molecule has 150 valence electrons. The van der Waals surface area contributed by atoms with E-state index in [1.54, 1.807) is 14.2 Å². The smallest absolute Gasteiger partial charge is 0.270 e. The van der Waals surface area contributed by atoms with E-state index in [9.17, 15) is 4.79 Å². The van der Waals surface area contributed by atoms with E-state index in [1.807, 2.05) is 53.4 Å². The summed E-state index contributed by atoms with van der Waals surface area (Å²) in [7, 11) is 3.25. The predicted molar refractivity (Wildman–Crippen MR) is 109 cm³/mol. The number of likely N-dealkylation sites (N-methyl/N-ethyl adjacent to an activating group) is 1. The van der Waals surface area contributed by atoms with Crippen molar-refractivity contribution in [3.63, 3.8) is 0 Å². The molecule has 1 aliphatic rings. The van der Waals surface area contributed by atoms with E-state index in [0.29, 0.717) is 5.75 Å². The molecule has 0 spiro atoms. The van der Waals surface area contributed by atoms with Gasteiger partial charge in [0.2, 0.25) is 0 Å². The summed E-state index contributed by atoms with van der Waals surface area (Å²) in [4.78, 5) is 17.1. The number of benzene rings is 2. The standard InChI is InChI=1S/C22H28N2O4/c1-5-23(6-2)15-20-21(28-19-13-11-18(27-4)12-14-19)22(25)24(20)16-7-9-17(26-3)10-8-16/h7-14,20-21H,5-6,15H2,1-4H3/t20-,21+/m1/s1. The third-order valence-electron chi connectivity index (χ3n) is 5.17. The average Bonchev–Trinajstić information content (AvgIpc) is 2.75. The fraction of sp³-hybridized carbons (Fsp3) is 0.409. The number of hydrogen-bond donors (Lipinski definition) is 0. The van der Waals surface area contributed by atoms with Gasteiger partial charge in [-0.1, -0.05) is 13.8 Å². The monoisotopic (exact) mass is 384 g/mol. The topological polar surface area (TPSA) is 51.2 Å². The van der Waals surface area contributed by atoms with E-state index >= 15 is 0 Å². The number of anilines is 1. The maximum absolute atomic E-state index is 12.9. The molecule has 0 aliphatic carbocycles. The first-order chi connectivity index (χ1) is 13.6. The second-order valence-corrected chi connectivity index (χ2v) is 6.67. The van der Waals surface area contributed by atoms with Crippen LogP contribution in [0.1, 0.15) is 13.8 Å². The van der Waals surface area contributed by atoms with Gasteiger partial charge in [0.1, 0.15) is 17.2 Å². The van der Waals surface area contributed by atoms with Crippen LogP contribution in [-0.4, -0.2) is 56.8 Å². The van der Waals surface area contributed by atoms with E-state index in [0.717, 1.165) is 36.8 Å². The van der Waals surface area contributed by atoms with Gasteiger partial charge in [0.15, 0.2) is 6.10 Å². The highest BCUT2D eigenvalue weighted by atomic mass is 16.5. The van der Waals surface area contributed by atoms with Crippen LogP contribution in [0.15, 0.2) is 48.5 Å². The predicted octanol–water partition coefficient (Wildman–Crippen LogP) is 3.21. The molecule has 1 saturated heterocycles. The molecule has 2 aromatic rings. The molecule has 0 bridgehead atoms. The minimum Gasteiger partial charge on any atom is -0.497 e. The summed E-state index contributed by atoms with van der Waals surface area (Å²) in [6.45, 7) is 6.85. The summed E-state index contributed by atoms with van der Waals surface area (Å²) < 4.78 is 16.5. The van der Waals surface area contributed by atoms with Crippen molar-refractivity contribution in [2.45, 2.75) is 26.0 Å². The Morgan fingerprint density at radius 3 is 1.86 bits per heavy atom. The van der Waals surface area contributed by atoms with Gasteiger partial charge in [-0.25, -0.2) is 0 Å². The average molecular weight is 384 g/mol. The van der Waals surface area contributed by atoms with Crippen molar-refractivity contribution in [1.82, 2.24) is 4.90 Å². The number of nitrogens with zero attached hydrogens (tertiary/aromatic N) is 2. The first-order valence-electron chi connectivity index (χ1n) is 9.61. The SMILES string of the molecule is CCN(CC)C[C@@H]1[C@H](Oc2ccc(OC)cc2)C(=O)N1c1ccc(OC)cc1. The molecule has 1 fully saturated rings. The Morgan fingerprint density at radius 1 is 0.857 bits per heavy atom. The van der Waals surface area contributed by atoms with E-state index in [4.69, 9.17) is 14.2 Å². The molecule has 1 aliphatic heterocycles. The molecule has 0 saturated carbocycles. The van der Waals surface area contributed by atoms with Crippen LogP contribution in [-0.2, 0) is 4.79 Å². The van der Waals surface area contributed by atoms with Crippen molar-refractivity contribution in [2.75, 3.05) is 38.8 Å². The molecule has 6 heteroatoms. The number of rotatable bonds is 9. The molecule has 1 amide bonds. The van der Waals surface area contributed by atoms with Crippen LogP contribution < -0.4 is 19.1 Å². The Hall–Kier alpha value is -2.73. The lowest BCUT2D eigenvalue weighted by Crippen LogP contribution is -2.70. The number of hydrogen-bond acceptors (Lipinski definition) is 5. The minimum atomic E-state index is -0.504. The highest BCUT2D eigenvalue weighted by Gasteiger charge is 2.50. The van der Waals surface area contributed by atoms with Crippen molar-refractivity contribution in [3.05, 3.63) is 48.5 Å². The van der Waals surface area contributed by atoms with Crippen molar-refractivity contribution < 1.29 is 19.0 Å². The van der Waals surface area contributed by atoms with Crippen LogP contribution >= 0.6 is 0 Å². The Kier molecular flexibility index (Phi) is 6.41. The van der Waals surface area contributed by atoms with Gasteiger partial charge >= 0.3 is 0 Å². The van der Waals surface area contributed by atoms with Gasteiger partial charge in [-0.15, -0.1) is 0 Å². The van der Waals surface area contributed by atoms with Crippen LogP contribution in [0.2, 0.25) is 0 Å². The van der Waals surface area contributed by atoms with Crippen molar-refractivity contribution in [3.8, 4) is 17.2 Å². The summed E-state index contributed by atoms with van der Waals surface area (Å²) in [6, 6.07) is 14.8. The van der Waals surface area contributed by atoms with Gasteiger partial charge in [0.25, 0.3) is 5.91 Å². The fourth-order valence-corrected chi connectivity index (χ4v) is 3.43. The number of amides is 1.